The molecule has 10 aromatic carbocycles. The molecule has 2 nitrogen and oxygen atoms in total. The summed E-state index contributed by atoms with van der Waals surface area (Å²) in [5, 5.41) is 7.54. The molecule has 0 bridgehead atoms. The Bertz CT molecular complexity index is 2640. The third-order valence-electron chi connectivity index (χ3n) is 10.8. The zero-order chi connectivity index (χ0) is 37.3. The fourth-order valence-electron chi connectivity index (χ4n) is 8.24. The van der Waals surface area contributed by atoms with Crippen LogP contribution >= 0.6 is 0 Å². The Morgan fingerprint density at radius 3 is 0.821 bits per heavy atom. The first-order valence-electron chi connectivity index (χ1n) is 19.2. The van der Waals surface area contributed by atoms with Crippen molar-refractivity contribution < 1.29 is 0 Å². The molecule has 0 aromatic heterocycles. The summed E-state index contributed by atoms with van der Waals surface area (Å²) < 4.78 is 0. The summed E-state index contributed by atoms with van der Waals surface area (Å²) in [7, 11) is 0. The number of anilines is 6. The first-order valence-corrected chi connectivity index (χ1v) is 19.2. The molecule has 10 aromatic rings. The average molecular weight is 715 g/mol. The zero-order valence-electron chi connectivity index (χ0n) is 30.8. The normalized spacial score (nSPS) is 11.2. The van der Waals surface area contributed by atoms with Crippen molar-refractivity contribution in [2.24, 2.45) is 0 Å². The molecule has 0 aliphatic carbocycles. The second kappa shape index (κ2) is 14.4. The standard InChI is InChI=1S/C54H38N2/c1-5-17-42(18-6-1)55(43-19-7-2-8-20-43)46-33-29-39(30-34-46)52-37-41-38-53(49-26-14-16-28-51(49)54(41)50-27-15-13-25-48(50)52)40-31-35-47(36-32-40)56(44-21-9-3-10-22-44)45-23-11-4-12-24-45/h1-38H. The molecule has 0 aliphatic rings. The summed E-state index contributed by atoms with van der Waals surface area (Å²) in [5.74, 6) is 0. The quantitative estimate of drug-likeness (QED) is 0.145. The van der Waals surface area contributed by atoms with Gasteiger partial charge >= 0.3 is 0 Å². The molecule has 0 saturated heterocycles. The van der Waals surface area contributed by atoms with Gasteiger partial charge in [-0.2, -0.15) is 0 Å². The van der Waals surface area contributed by atoms with E-state index in [-0.39, 0.29) is 0 Å². The van der Waals surface area contributed by atoms with Gasteiger partial charge in [0.25, 0.3) is 0 Å². The van der Waals surface area contributed by atoms with Crippen LogP contribution in [0, 0.1) is 0 Å². The van der Waals surface area contributed by atoms with Gasteiger partial charge in [-0.3, -0.25) is 0 Å². The van der Waals surface area contributed by atoms with Crippen LogP contribution in [0.25, 0.3) is 54.6 Å². The van der Waals surface area contributed by atoms with E-state index >= 15 is 0 Å². The second-order valence-corrected chi connectivity index (χ2v) is 14.1. The Hall–Kier alpha value is -7.42. The largest absolute Gasteiger partial charge is 0.311 e. The lowest BCUT2D eigenvalue weighted by Crippen LogP contribution is -2.09. The third-order valence-corrected chi connectivity index (χ3v) is 10.8. The molecule has 0 unspecified atom stereocenters. The smallest absolute Gasteiger partial charge is 0.0462 e. The van der Waals surface area contributed by atoms with Gasteiger partial charge in [-0.25, -0.2) is 0 Å². The fraction of sp³-hybridized carbons (Fsp3) is 0. The van der Waals surface area contributed by atoms with Crippen LogP contribution in [0.15, 0.2) is 231 Å². The average Bonchev–Trinajstić information content (AvgIpc) is 3.28. The van der Waals surface area contributed by atoms with Crippen LogP contribution in [0.1, 0.15) is 0 Å². The van der Waals surface area contributed by atoms with E-state index in [1.807, 2.05) is 0 Å². The van der Waals surface area contributed by atoms with E-state index in [2.05, 4.69) is 240 Å². The Labute approximate surface area is 327 Å². The van der Waals surface area contributed by atoms with Gasteiger partial charge in [0.2, 0.25) is 0 Å². The van der Waals surface area contributed by atoms with Crippen LogP contribution in [0.4, 0.5) is 34.1 Å². The van der Waals surface area contributed by atoms with Gasteiger partial charge in [0.15, 0.2) is 0 Å². The molecule has 0 radical (unpaired) electrons. The second-order valence-electron chi connectivity index (χ2n) is 14.1. The molecule has 0 atom stereocenters. The highest BCUT2D eigenvalue weighted by molar-refractivity contribution is 6.25. The lowest BCUT2D eigenvalue weighted by Gasteiger charge is -2.25. The van der Waals surface area contributed by atoms with Crippen molar-refractivity contribution in [1.82, 2.24) is 0 Å². The number of nitrogens with zero attached hydrogens (tertiary/aromatic N) is 2. The minimum atomic E-state index is 1.12. The Morgan fingerprint density at radius 1 is 0.232 bits per heavy atom. The number of benzene rings is 10. The van der Waals surface area contributed by atoms with Crippen molar-refractivity contribution in [2.75, 3.05) is 9.80 Å². The predicted molar refractivity (Wildman–Crippen MR) is 239 cm³/mol. The highest BCUT2D eigenvalue weighted by Gasteiger charge is 2.17. The highest BCUT2D eigenvalue weighted by Crippen LogP contribution is 2.44. The minimum Gasteiger partial charge on any atom is -0.311 e. The van der Waals surface area contributed by atoms with Crippen LogP contribution in [0.3, 0.4) is 0 Å². The summed E-state index contributed by atoms with van der Waals surface area (Å²) in [4.78, 5) is 4.62. The molecule has 56 heavy (non-hydrogen) atoms. The summed E-state index contributed by atoms with van der Waals surface area (Å²) in [6, 6.07) is 82.9. The maximum Gasteiger partial charge on any atom is 0.0462 e. The number of rotatable bonds is 8. The van der Waals surface area contributed by atoms with E-state index in [0.29, 0.717) is 0 Å². The molecule has 0 spiro atoms. The van der Waals surface area contributed by atoms with Gasteiger partial charge in [0.05, 0.1) is 0 Å². The summed E-state index contributed by atoms with van der Waals surface area (Å²) >= 11 is 0. The molecule has 10 rings (SSSR count). The molecule has 0 amide bonds. The summed E-state index contributed by atoms with van der Waals surface area (Å²) in [6.45, 7) is 0. The number of fused-ring (bicyclic) bond motifs is 5. The van der Waals surface area contributed by atoms with Crippen LogP contribution in [0.2, 0.25) is 0 Å². The lowest BCUT2D eigenvalue weighted by atomic mass is 9.87. The minimum absolute atomic E-state index is 1.12. The zero-order valence-corrected chi connectivity index (χ0v) is 30.8. The molecular formula is C54H38N2. The van der Waals surface area contributed by atoms with Gasteiger partial charge in [-0.15, -0.1) is 0 Å². The van der Waals surface area contributed by atoms with E-state index in [1.165, 1.54) is 54.6 Å². The molecule has 0 fully saturated rings. The van der Waals surface area contributed by atoms with Crippen molar-refractivity contribution in [3.05, 3.63) is 231 Å². The van der Waals surface area contributed by atoms with Crippen LogP contribution < -0.4 is 9.80 Å². The molecule has 2 heteroatoms. The fourth-order valence-corrected chi connectivity index (χ4v) is 8.24. The van der Waals surface area contributed by atoms with Gasteiger partial charge in [-0.1, -0.05) is 146 Å². The third kappa shape index (κ3) is 6.04. The Morgan fingerprint density at radius 2 is 0.500 bits per heavy atom. The van der Waals surface area contributed by atoms with E-state index in [0.717, 1.165) is 34.1 Å². The lowest BCUT2D eigenvalue weighted by molar-refractivity contribution is 1.28. The van der Waals surface area contributed by atoms with Crippen LogP contribution in [0.5, 0.6) is 0 Å². The molecule has 0 saturated carbocycles. The maximum absolute atomic E-state index is 2.40. The van der Waals surface area contributed by atoms with Crippen LogP contribution in [-0.4, -0.2) is 0 Å². The highest BCUT2D eigenvalue weighted by atomic mass is 15.1. The van der Waals surface area contributed by atoms with E-state index in [1.54, 1.807) is 0 Å². The van der Waals surface area contributed by atoms with E-state index in [9.17, 15) is 0 Å². The molecular weight excluding hydrogens is 677 g/mol. The van der Waals surface area contributed by atoms with Crippen molar-refractivity contribution in [3.63, 3.8) is 0 Å². The first-order chi connectivity index (χ1) is 27.8. The number of hydrogen-bond donors (Lipinski definition) is 0. The van der Waals surface area contributed by atoms with Gasteiger partial charge in [0.1, 0.15) is 0 Å². The molecule has 0 N–H and O–H groups in total. The number of hydrogen-bond acceptors (Lipinski definition) is 2. The van der Waals surface area contributed by atoms with Crippen LogP contribution in [-0.2, 0) is 0 Å². The Kier molecular flexibility index (Phi) is 8.55. The summed E-state index contributed by atoms with van der Waals surface area (Å²) in [5.41, 5.74) is 11.6. The van der Waals surface area contributed by atoms with Crippen molar-refractivity contribution in [1.29, 1.82) is 0 Å². The van der Waals surface area contributed by atoms with Crippen molar-refractivity contribution in [3.8, 4) is 22.3 Å². The maximum atomic E-state index is 2.40. The SMILES string of the molecule is c1ccc(N(c2ccccc2)c2ccc(-c3cc4cc(-c5ccc(N(c6ccccc6)c6ccccc6)cc5)c5ccccc5c4c4ccccc34)cc2)cc1. The van der Waals surface area contributed by atoms with Gasteiger partial charge < -0.3 is 9.80 Å². The van der Waals surface area contributed by atoms with Crippen molar-refractivity contribution in [2.45, 2.75) is 0 Å². The topological polar surface area (TPSA) is 6.48 Å². The first kappa shape index (κ1) is 33.2. The monoisotopic (exact) mass is 714 g/mol. The summed E-state index contributed by atoms with van der Waals surface area (Å²) in [6.07, 6.45) is 0. The van der Waals surface area contributed by atoms with Gasteiger partial charge in [-0.05, 0) is 140 Å². The van der Waals surface area contributed by atoms with E-state index in [4.69, 9.17) is 0 Å². The molecule has 0 heterocycles. The van der Waals surface area contributed by atoms with Crippen molar-refractivity contribution >= 4 is 66.4 Å². The number of para-hydroxylation sites is 4. The van der Waals surface area contributed by atoms with E-state index < -0.39 is 0 Å². The predicted octanol–water partition coefficient (Wildman–Crippen LogP) is 15.4. The van der Waals surface area contributed by atoms with Gasteiger partial charge in [0, 0.05) is 34.1 Å². The molecule has 0 aliphatic heterocycles. The molecule has 264 valence electrons. The Balaban J connectivity index is 1.10.